The van der Waals surface area contributed by atoms with E-state index in [-0.39, 0.29) is 23.0 Å². The third-order valence-corrected chi connectivity index (χ3v) is 5.19. The van der Waals surface area contributed by atoms with Crippen LogP contribution in [0.25, 0.3) is 0 Å². The van der Waals surface area contributed by atoms with Gasteiger partial charge in [-0.2, -0.15) is 0 Å². The molecular weight excluding hydrogens is 319 g/mol. The molecular formula is C20H19FN2O2. The van der Waals surface area contributed by atoms with Gasteiger partial charge in [-0.25, -0.2) is 4.39 Å². The molecule has 0 aliphatic carbocycles. The molecule has 1 unspecified atom stereocenters. The molecule has 0 N–H and O–H groups in total. The first kappa shape index (κ1) is 15.8. The van der Waals surface area contributed by atoms with Gasteiger partial charge >= 0.3 is 0 Å². The van der Waals surface area contributed by atoms with E-state index in [9.17, 15) is 14.0 Å². The maximum absolute atomic E-state index is 13.5. The Bertz CT molecular complexity index is 823. The molecule has 25 heavy (non-hydrogen) atoms. The van der Waals surface area contributed by atoms with Crippen LogP contribution in [0.3, 0.4) is 0 Å². The molecule has 2 fully saturated rings. The van der Waals surface area contributed by atoms with Crippen molar-refractivity contribution in [2.24, 2.45) is 5.41 Å². The Morgan fingerprint density at radius 3 is 2.60 bits per heavy atom. The van der Waals surface area contributed by atoms with Gasteiger partial charge in [0.1, 0.15) is 5.82 Å². The van der Waals surface area contributed by atoms with Crippen LogP contribution in [0.2, 0.25) is 0 Å². The van der Waals surface area contributed by atoms with E-state index in [4.69, 9.17) is 0 Å². The second kappa shape index (κ2) is 5.99. The molecule has 2 aromatic carbocycles. The maximum atomic E-state index is 13.5. The highest BCUT2D eigenvalue weighted by Crippen LogP contribution is 2.42. The highest BCUT2D eigenvalue weighted by molar-refractivity contribution is 5.97. The smallest absolute Gasteiger partial charge is 0.253 e. The Morgan fingerprint density at radius 1 is 1.04 bits per heavy atom. The summed E-state index contributed by atoms with van der Waals surface area (Å²) in [7, 11) is 0. The van der Waals surface area contributed by atoms with Crippen molar-refractivity contribution >= 4 is 17.5 Å². The van der Waals surface area contributed by atoms with Crippen LogP contribution < -0.4 is 4.90 Å². The van der Waals surface area contributed by atoms with Gasteiger partial charge < -0.3 is 9.80 Å². The quantitative estimate of drug-likeness (QED) is 0.844. The summed E-state index contributed by atoms with van der Waals surface area (Å²) in [4.78, 5) is 28.6. The molecule has 2 aromatic rings. The van der Waals surface area contributed by atoms with E-state index in [0.29, 0.717) is 37.3 Å². The van der Waals surface area contributed by atoms with E-state index in [1.54, 1.807) is 17.0 Å². The van der Waals surface area contributed by atoms with Gasteiger partial charge in [-0.3, -0.25) is 9.59 Å². The zero-order valence-electron chi connectivity index (χ0n) is 13.8. The molecule has 4 nitrogen and oxygen atoms in total. The van der Waals surface area contributed by atoms with Crippen molar-refractivity contribution in [3.63, 3.8) is 0 Å². The van der Waals surface area contributed by atoms with Gasteiger partial charge in [0.25, 0.3) is 5.91 Å². The standard InChI is InChI=1S/C20H19FN2O2/c21-16-7-4-8-17(11-16)23-14-20(12-18(23)24)9-10-22(13-20)19(25)15-5-2-1-3-6-15/h1-8,11H,9-10,12-14H2. The maximum Gasteiger partial charge on any atom is 0.253 e. The topological polar surface area (TPSA) is 40.6 Å². The first-order chi connectivity index (χ1) is 12.1. The lowest BCUT2D eigenvalue weighted by Crippen LogP contribution is -2.34. The van der Waals surface area contributed by atoms with Crippen molar-refractivity contribution in [1.82, 2.24) is 4.90 Å². The lowest BCUT2D eigenvalue weighted by molar-refractivity contribution is -0.117. The fraction of sp³-hybridized carbons (Fsp3) is 0.300. The number of nitrogens with zero attached hydrogens (tertiary/aromatic N) is 2. The summed E-state index contributed by atoms with van der Waals surface area (Å²) in [5.74, 6) is -0.340. The molecule has 0 radical (unpaired) electrons. The Labute approximate surface area is 145 Å². The molecule has 2 aliphatic rings. The minimum atomic E-state index is -0.349. The van der Waals surface area contributed by atoms with Crippen molar-refractivity contribution in [2.75, 3.05) is 24.5 Å². The summed E-state index contributed by atoms with van der Waals surface area (Å²) in [5, 5.41) is 0. The highest BCUT2D eigenvalue weighted by Gasteiger charge is 2.48. The number of rotatable bonds is 2. The zero-order valence-corrected chi connectivity index (χ0v) is 13.8. The first-order valence-electron chi connectivity index (χ1n) is 8.47. The van der Waals surface area contributed by atoms with Crippen LogP contribution in [0.4, 0.5) is 10.1 Å². The first-order valence-corrected chi connectivity index (χ1v) is 8.47. The molecule has 1 spiro atoms. The molecule has 0 aromatic heterocycles. The van der Waals surface area contributed by atoms with Crippen LogP contribution in [0.1, 0.15) is 23.2 Å². The van der Waals surface area contributed by atoms with Crippen molar-refractivity contribution in [3.8, 4) is 0 Å². The van der Waals surface area contributed by atoms with Gasteiger partial charge in [-0.1, -0.05) is 24.3 Å². The normalized spacial score (nSPS) is 22.8. The molecule has 2 heterocycles. The Hall–Kier alpha value is -2.69. The van der Waals surface area contributed by atoms with Crippen molar-refractivity contribution in [1.29, 1.82) is 0 Å². The van der Waals surface area contributed by atoms with Gasteiger partial charge in [0.2, 0.25) is 5.91 Å². The lowest BCUT2D eigenvalue weighted by Gasteiger charge is -2.24. The number of benzene rings is 2. The number of anilines is 1. The highest BCUT2D eigenvalue weighted by atomic mass is 19.1. The van der Waals surface area contributed by atoms with Crippen LogP contribution in [-0.4, -0.2) is 36.3 Å². The fourth-order valence-electron chi connectivity index (χ4n) is 3.92. The van der Waals surface area contributed by atoms with Gasteiger partial charge in [-0.05, 0) is 36.8 Å². The monoisotopic (exact) mass is 338 g/mol. The molecule has 5 heteroatoms. The fourth-order valence-corrected chi connectivity index (χ4v) is 3.92. The minimum Gasteiger partial charge on any atom is -0.338 e. The second-order valence-corrected chi connectivity index (χ2v) is 6.98. The van der Waals surface area contributed by atoms with Crippen LogP contribution in [0, 0.1) is 11.2 Å². The molecule has 0 bridgehead atoms. The van der Waals surface area contributed by atoms with Crippen LogP contribution in [-0.2, 0) is 4.79 Å². The zero-order chi connectivity index (χ0) is 17.4. The molecule has 2 aliphatic heterocycles. The van der Waals surface area contributed by atoms with E-state index < -0.39 is 0 Å². The summed E-state index contributed by atoms with van der Waals surface area (Å²) in [6.45, 7) is 1.75. The molecule has 2 saturated heterocycles. The predicted molar refractivity (Wildman–Crippen MR) is 92.8 cm³/mol. The average Bonchev–Trinajstić information content (AvgIpc) is 3.18. The van der Waals surface area contributed by atoms with Crippen molar-refractivity contribution < 1.29 is 14.0 Å². The summed E-state index contributed by atoms with van der Waals surface area (Å²) in [6, 6.07) is 15.3. The number of hydrogen-bond acceptors (Lipinski definition) is 2. The number of likely N-dealkylation sites (tertiary alicyclic amines) is 1. The largest absolute Gasteiger partial charge is 0.338 e. The third-order valence-electron chi connectivity index (χ3n) is 5.19. The minimum absolute atomic E-state index is 0.000361. The van der Waals surface area contributed by atoms with Gasteiger partial charge in [-0.15, -0.1) is 0 Å². The Balaban J connectivity index is 1.51. The second-order valence-electron chi connectivity index (χ2n) is 6.98. The van der Waals surface area contributed by atoms with Gasteiger partial charge in [0.05, 0.1) is 0 Å². The number of carbonyl (C=O) groups is 2. The molecule has 4 rings (SSSR count). The molecule has 2 amide bonds. The van der Waals surface area contributed by atoms with E-state index in [1.165, 1.54) is 12.1 Å². The molecule has 0 saturated carbocycles. The van der Waals surface area contributed by atoms with E-state index >= 15 is 0 Å². The predicted octanol–water partition coefficient (Wildman–Crippen LogP) is 3.09. The summed E-state index contributed by atoms with van der Waals surface area (Å²) < 4.78 is 13.5. The van der Waals surface area contributed by atoms with Crippen LogP contribution in [0.15, 0.2) is 54.6 Å². The van der Waals surface area contributed by atoms with Crippen molar-refractivity contribution in [2.45, 2.75) is 12.8 Å². The van der Waals surface area contributed by atoms with E-state index in [1.807, 2.05) is 35.2 Å². The number of halogens is 1. The third kappa shape index (κ3) is 2.90. The van der Waals surface area contributed by atoms with Crippen molar-refractivity contribution in [3.05, 3.63) is 66.0 Å². The number of carbonyl (C=O) groups excluding carboxylic acids is 2. The van der Waals surface area contributed by atoms with Gasteiger partial charge in [0, 0.05) is 42.7 Å². The Morgan fingerprint density at radius 2 is 1.84 bits per heavy atom. The lowest BCUT2D eigenvalue weighted by atomic mass is 9.86. The summed E-state index contributed by atoms with van der Waals surface area (Å²) in [6.07, 6.45) is 1.20. The average molecular weight is 338 g/mol. The molecule has 1 atom stereocenters. The van der Waals surface area contributed by atoms with E-state index in [0.717, 1.165) is 6.42 Å². The van der Waals surface area contributed by atoms with Gasteiger partial charge in [0.15, 0.2) is 0 Å². The number of amides is 2. The van der Waals surface area contributed by atoms with E-state index in [2.05, 4.69) is 0 Å². The van der Waals surface area contributed by atoms with Crippen LogP contribution >= 0.6 is 0 Å². The Kier molecular flexibility index (Phi) is 3.79. The SMILES string of the molecule is O=C(c1ccccc1)N1CCC2(CC(=O)N(c3cccc(F)c3)C2)C1. The summed E-state index contributed by atoms with van der Waals surface area (Å²) in [5.41, 5.74) is 1.04. The van der Waals surface area contributed by atoms with Crippen LogP contribution in [0.5, 0.6) is 0 Å². The molecule has 128 valence electrons. The number of hydrogen-bond donors (Lipinski definition) is 0. The summed E-state index contributed by atoms with van der Waals surface area (Å²) >= 11 is 0.